The summed E-state index contributed by atoms with van der Waals surface area (Å²) < 4.78 is 0. The molecular formula is C16H28NO3-. The molecule has 4 nitrogen and oxygen atoms in total. The highest BCUT2D eigenvalue weighted by Gasteiger charge is 2.22. The summed E-state index contributed by atoms with van der Waals surface area (Å²) in [4.78, 5) is 23.2. The van der Waals surface area contributed by atoms with Crippen molar-refractivity contribution in [2.75, 3.05) is 0 Å². The number of unbranched alkanes of at least 4 members (excludes halogenated alkanes) is 1. The molecule has 1 aliphatic rings. The predicted octanol–water partition coefficient (Wildman–Crippen LogP) is 2.02. The van der Waals surface area contributed by atoms with Gasteiger partial charge in [-0.2, -0.15) is 0 Å². The van der Waals surface area contributed by atoms with Gasteiger partial charge in [0.05, 0.1) is 0 Å². The van der Waals surface area contributed by atoms with Gasteiger partial charge in [0.25, 0.3) is 0 Å². The van der Waals surface area contributed by atoms with Gasteiger partial charge in [-0.3, -0.25) is 4.79 Å². The smallest absolute Gasteiger partial charge is 0.220 e. The van der Waals surface area contributed by atoms with Crippen molar-refractivity contribution in [3.63, 3.8) is 0 Å². The Labute approximate surface area is 122 Å². The molecule has 0 unspecified atom stereocenters. The number of aliphatic carboxylic acids is 1. The fourth-order valence-corrected chi connectivity index (χ4v) is 3.03. The summed E-state index contributed by atoms with van der Waals surface area (Å²) >= 11 is 0. The van der Waals surface area contributed by atoms with Crippen molar-refractivity contribution in [3.8, 4) is 0 Å². The van der Waals surface area contributed by atoms with Crippen LogP contribution >= 0.6 is 0 Å². The molecule has 1 rings (SSSR count). The van der Waals surface area contributed by atoms with Gasteiger partial charge in [-0.25, -0.2) is 0 Å². The van der Waals surface area contributed by atoms with Gasteiger partial charge in [-0.05, 0) is 25.2 Å². The molecule has 0 radical (unpaired) electrons. The third-order valence-corrected chi connectivity index (χ3v) is 4.34. The zero-order valence-corrected chi connectivity index (χ0v) is 12.8. The van der Waals surface area contributed by atoms with E-state index in [0.29, 0.717) is 18.9 Å². The molecule has 0 heterocycles. The summed E-state index contributed by atoms with van der Waals surface area (Å²) in [7, 11) is 0. The summed E-state index contributed by atoms with van der Waals surface area (Å²) in [5.74, 6) is -1.69. The molecular weight excluding hydrogens is 254 g/mol. The first kappa shape index (κ1) is 17.0. The number of nitrogens with one attached hydrogen (secondary N) is 1. The Hall–Kier alpha value is -1.06. The lowest BCUT2D eigenvalue weighted by Crippen LogP contribution is -2.40. The van der Waals surface area contributed by atoms with Gasteiger partial charge < -0.3 is 15.2 Å². The van der Waals surface area contributed by atoms with Crippen molar-refractivity contribution in [2.24, 2.45) is 11.8 Å². The highest BCUT2D eigenvalue weighted by Crippen LogP contribution is 2.22. The van der Waals surface area contributed by atoms with Crippen molar-refractivity contribution in [2.45, 2.75) is 77.7 Å². The average molecular weight is 282 g/mol. The van der Waals surface area contributed by atoms with Gasteiger partial charge >= 0.3 is 0 Å². The van der Waals surface area contributed by atoms with Gasteiger partial charge in [0.2, 0.25) is 5.91 Å². The number of carbonyl (C=O) groups is 2. The second-order valence-corrected chi connectivity index (χ2v) is 6.15. The van der Waals surface area contributed by atoms with Crippen LogP contribution < -0.4 is 10.4 Å². The minimum absolute atomic E-state index is 0.00727. The Kier molecular flexibility index (Phi) is 7.63. The number of hydrogen-bond donors (Lipinski definition) is 1. The Bertz CT molecular complexity index is 311. The minimum atomic E-state index is -1.02. The molecule has 1 N–H and O–H groups in total. The number of carboxylic acid groups (broad SMARTS) is 1. The Morgan fingerprint density at radius 2 is 1.90 bits per heavy atom. The molecule has 1 aliphatic carbocycles. The van der Waals surface area contributed by atoms with Crippen LogP contribution in [0, 0.1) is 11.8 Å². The molecule has 0 aromatic heterocycles. The maximum atomic E-state index is 12.0. The van der Waals surface area contributed by atoms with Crippen molar-refractivity contribution in [1.29, 1.82) is 0 Å². The average Bonchev–Trinajstić information content (AvgIpc) is 2.39. The van der Waals surface area contributed by atoms with Crippen LogP contribution in [0.5, 0.6) is 0 Å². The summed E-state index contributed by atoms with van der Waals surface area (Å²) in [5, 5.41) is 14.2. The largest absolute Gasteiger partial charge is 0.550 e. The van der Waals surface area contributed by atoms with Crippen LogP contribution in [0.25, 0.3) is 0 Å². The molecule has 0 aromatic rings. The maximum absolute atomic E-state index is 12.0. The van der Waals surface area contributed by atoms with E-state index in [9.17, 15) is 14.7 Å². The minimum Gasteiger partial charge on any atom is -0.550 e. The van der Waals surface area contributed by atoms with Crippen LogP contribution in [0.4, 0.5) is 0 Å². The van der Waals surface area contributed by atoms with E-state index in [0.717, 1.165) is 25.7 Å². The van der Waals surface area contributed by atoms with Crippen LogP contribution in [0.3, 0.4) is 0 Å². The molecule has 0 aliphatic heterocycles. The number of hydrogen-bond acceptors (Lipinski definition) is 3. The summed E-state index contributed by atoms with van der Waals surface area (Å²) in [6, 6.07) is 0.292. The molecule has 0 aromatic carbocycles. The molecule has 2 atom stereocenters. The molecule has 1 saturated carbocycles. The van der Waals surface area contributed by atoms with Gasteiger partial charge in [-0.1, -0.05) is 46.0 Å². The molecule has 0 spiro atoms. The Balaban J connectivity index is 2.39. The van der Waals surface area contributed by atoms with E-state index in [2.05, 4.69) is 5.32 Å². The zero-order valence-electron chi connectivity index (χ0n) is 12.8. The second kappa shape index (κ2) is 8.98. The van der Waals surface area contributed by atoms with E-state index in [4.69, 9.17) is 0 Å². The van der Waals surface area contributed by atoms with E-state index in [-0.39, 0.29) is 11.8 Å². The van der Waals surface area contributed by atoms with Crippen LogP contribution in [0.2, 0.25) is 0 Å². The van der Waals surface area contributed by atoms with Gasteiger partial charge in [0.15, 0.2) is 0 Å². The van der Waals surface area contributed by atoms with E-state index in [1.54, 1.807) is 0 Å². The van der Waals surface area contributed by atoms with Crippen molar-refractivity contribution in [1.82, 2.24) is 5.32 Å². The first-order valence-electron chi connectivity index (χ1n) is 8.04. The monoisotopic (exact) mass is 282 g/mol. The fourth-order valence-electron chi connectivity index (χ4n) is 3.03. The lowest BCUT2D eigenvalue weighted by Gasteiger charge is -2.27. The molecule has 0 saturated heterocycles. The van der Waals surface area contributed by atoms with Crippen molar-refractivity contribution >= 4 is 11.9 Å². The molecule has 1 amide bonds. The zero-order chi connectivity index (χ0) is 15.0. The van der Waals surface area contributed by atoms with Gasteiger partial charge in [-0.15, -0.1) is 0 Å². The van der Waals surface area contributed by atoms with Gasteiger partial charge in [0, 0.05) is 24.3 Å². The molecule has 20 heavy (non-hydrogen) atoms. The standard InChI is InChI=1S/C16H29NO3/c1-3-4-10-14(16(19)20)12(2)11-15(18)17-13-8-6-5-7-9-13/h12-14H,3-11H2,1-2H3,(H,17,18)(H,19,20)/p-1/t12-,14-/m0/s1. The molecule has 4 heteroatoms. The second-order valence-electron chi connectivity index (χ2n) is 6.15. The van der Waals surface area contributed by atoms with Crippen LogP contribution in [0.1, 0.15) is 71.6 Å². The number of amides is 1. The fraction of sp³-hybridized carbons (Fsp3) is 0.875. The third kappa shape index (κ3) is 5.93. The van der Waals surface area contributed by atoms with Crippen LogP contribution in [-0.4, -0.2) is 17.9 Å². The molecule has 116 valence electrons. The van der Waals surface area contributed by atoms with E-state index >= 15 is 0 Å². The summed E-state index contributed by atoms with van der Waals surface area (Å²) in [6.45, 7) is 3.88. The summed E-state index contributed by atoms with van der Waals surface area (Å²) in [5.41, 5.74) is 0. The molecule has 0 bridgehead atoms. The van der Waals surface area contributed by atoms with Crippen molar-refractivity contribution < 1.29 is 14.7 Å². The van der Waals surface area contributed by atoms with E-state index in [1.165, 1.54) is 19.3 Å². The highest BCUT2D eigenvalue weighted by atomic mass is 16.4. The van der Waals surface area contributed by atoms with Crippen molar-refractivity contribution in [3.05, 3.63) is 0 Å². The first-order chi connectivity index (χ1) is 9.54. The number of rotatable bonds is 8. The number of carboxylic acids is 1. The quantitative estimate of drug-likeness (QED) is 0.740. The predicted molar refractivity (Wildman–Crippen MR) is 76.8 cm³/mol. The van der Waals surface area contributed by atoms with Crippen LogP contribution in [-0.2, 0) is 9.59 Å². The molecule has 1 fully saturated rings. The Morgan fingerprint density at radius 1 is 1.25 bits per heavy atom. The highest BCUT2D eigenvalue weighted by molar-refractivity contribution is 5.77. The van der Waals surface area contributed by atoms with E-state index < -0.39 is 11.9 Å². The third-order valence-electron chi connectivity index (χ3n) is 4.34. The van der Waals surface area contributed by atoms with Gasteiger partial charge in [0.1, 0.15) is 0 Å². The Morgan fingerprint density at radius 3 is 2.45 bits per heavy atom. The van der Waals surface area contributed by atoms with E-state index in [1.807, 2.05) is 13.8 Å². The normalized spacial score (nSPS) is 19.3. The number of carbonyl (C=O) groups excluding carboxylic acids is 2. The SMILES string of the molecule is CCCC[C@H](C(=O)[O-])[C@@H](C)CC(=O)NC1CCCCC1. The first-order valence-corrected chi connectivity index (χ1v) is 8.04. The topological polar surface area (TPSA) is 69.2 Å². The van der Waals surface area contributed by atoms with Crippen LogP contribution in [0.15, 0.2) is 0 Å². The lowest BCUT2D eigenvalue weighted by molar-refractivity contribution is -0.313. The lowest BCUT2D eigenvalue weighted by atomic mass is 9.86. The maximum Gasteiger partial charge on any atom is 0.220 e. The summed E-state index contributed by atoms with van der Waals surface area (Å²) in [6.07, 6.45) is 8.46.